The number of amidine groups is 1. The number of nitrogens with two attached hydrogens (primary N) is 1. The molecule has 0 bridgehead atoms. The maximum Gasteiger partial charge on any atom is 0.283 e. The highest BCUT2D eigenvalue weighted by Gasteiger charge is 2.50. The van der Waals surface area contributed by atoms with Gasteiger partial charge in [-0.1, -0.05) is 18.2 Å². The normalized spacial score (nSPS) is 31.6. The van der Waals surface area contributed by atoms with Crippen LogP contribution in [0.5, 0.6) is 0 Å². The van der Waals surface area contributed by atoms with Gasteiger partial charge in [-0.05, 0) is 6.07 Å². The van der Waals surface area contributed by atoms with Crippen molar-refractivity contribution in [2.75, 3.05) is 13.2 Å². The van der Waals surface area contributed by atoms with E-state index in [4.69, 9.17) is 15.2 Å². The van der Waals surface area contributed by atoms with E-state index in [0.717, 1.165) is 0 Å². The SMILES string of the molecule is NC1=N[C@@]2(c3ccccc3F)CCO[C@H]2CO1. The predicted molar refractivity (Wildman–Crippen MR) is 60.0 cm³/mol. The van der Waals surface area contributed by atoms with E-state index in [-0.39, 0.29) is 17.9 Å². The molecule has 0 aliphatic carbocycles. The fourth-order valence-electron chi connectivity index (χ4n) is 2.54. The van der Waals surface area contributed by atoms with Crippen LogP contribution in [-0.4, -0.2) is 25.3 Å². The Hall–Kier alpha value is -1.62. The van der Waals surface area contributed by atoms with Crippen molar-refractivity contribution >= 4 is 6.02 Å². The quantitative estimate of drug-likeness (QED) is 0.796. The predicted octanol–water partition coefficient (Wildman–Crippen LogP) is 1.15. The molecule has 2 atom stereocenters. The topological polar surface area (TPSA) is 56.8 Å². The van der Waals surface area contributed by atoms with Gasteiger partial charge in [-0.25, -0.2) is 9.38 Å². The van der Waals surface area contributed by atoms with Crippen molar-refractivity contribution in [2.45, 2.75) is 18.1 Å². The van der Waals surface area contributed by atoms with Crippen LogP contribution in [0.4, 0.5) is 4.39 Å². The van der Waals surface area contributed by atoms with Crippen LogP contribution in [0.25, 0.3) is 0 Å². The molecule has 0 unspecified atom stereocenters. The lowest BCUT2D eigenvalue weighted by Crippen LogP contribution is -2.45. The summed E-state index contributed by atoms with van der Waals surface area (Å²) in [6.07, 6.45) is 0.370. The summed E-state index contributed by atoms with van der Waals surface area (Å²) in [7, 11) is 0. The zero-order chi connectivity index (χ0) is 11.9. The van der Waals surface area contributed by atoms with Crippen LogP contribution in [-0.2, 0) is 15.0 Å². The summed E-state index contributed by atoms with van der Waals surface area (Å²) in [6, 6.07) is 6.73. The number of benzene rings is 1. The second-order valence-corrected chi connectivity index (χ2v) is 4.27. The highest BCUT2D eigenvalue weighted by atomic mass is 19.1. The summed E-state index contributed by atoms with van der Waals surface area (Å²) in [5, 5.41) is 0. The van der Waals surface area contributed by atoms with Crippen molar-refractivity contribution in [3.8, 4) is 0 Å². The van der Waals surface area contributed by atoms with Crippen LogP contribution in [0, 0.1) is 5.82 Å². The summed E-state index contributed by atoms with van der Waals surface area (Å²) >= 11 is 0. The van der Waals surface area contributed by atoms with E-state index >= 15 is 0 Å². The van der Waals surface area contributed by atoms with Crippen LogP contribution in [0.1, 0.15) is 12.0 Å². The van der Waals surface area contributed by atoms with Crippen molar-refractivity contribution in [2.24, 2.45) is 10.7 Å². The molecule has 0 amide bonds. The van der Waals surface area contributed by atoms with E-state index in [1.165, 1.54) is 6.07 Å². The maximum absolute atomic E-state index is 13.9. The second kappa shape index (κ2) is 3.70. The summed E-state index contributed by atoms with van der Waals surface area (Å²) < 4.78 is 24.6. The molecule has 5 heteroatoms. The van der Waals surface area contributed by atoms with Crippen LogP contribution in [0.2, 0.25) is 0 Å². The maximum atomic E-state index is 13.9. The number of rotatable bonds is 1. The monoisotopic (exact) mass is 236 g/mol. The first-order chi connectivity index (χ1) is 8.22. The van der Waals surface area contributed by atoms with Gasteiger partial charge in [0.1, 0.15) is 24.1 Å². The van der Waals surface area contributed by atoms with Crippen LogP contribution >= 0.6 is 0 Å². The first kappa shape index (κ1) is 10.5. The molecule has 17 heavy (non-hydrogen) atoms. The summed E-state index contributed by atoms with van der Waals surface area (Å²) in [5.74, 6) is -0.276. The van der Waals surface area contributed by atoms with Gasteiger partial charge in [-0.15, -0.1) is 0 Å². The highest BCUT2D eigenvalue weighted by Crippen LogP contribution is 2.42. The van der Waals surface area contributed by atoms with Gasteiger partial charge in [-0.2, -0.15) is 0 Å². The van der Waals surface area contributed by atoms with Gasteiger partial charge in [0.15, 0.2) is 0 Å². The molecule has 1 aromatic carbocycles. The number of halogens is 1. The number of nitrogens with zero attached hydrogens (tertiary/aromatic N) is 1. The van der Waals surface area contributed by atoms with Gasteiger partial charge in [-0.3, -0.25) is 0 Å². The van der Waals surface area contributed by atoms with Gasteiger partial charge in [0.2, 0.25) is 0 Å². The molecule has 2 N–H and O–H groups in total. The van der Waals surface area contributed by atoms with Crippen molar-refractivity contribution in [1.29, 1.82) is 0 Å². The molecule has 2 heterocycles. The summed E-state index contributed by atoms with van der Waals surface area (Å²) in [5.41, 5.74) is 5.43. The smallest absolute Gasteiger partial charge is 0.283 e. The molecule has 0 spiro atoms. The number of hydrogen-bond acceptors (Lipinski definition) is 4. The van der Waals surface area contributed by atoms with Gasteiger partial charge in [0, 0.05) is 12.0 Å². The third kappa shape index (κ3) is 1.50. The average molecular weight is 236 g/mol. The van der Waals surface area contributed by atoms with Crippen LogP contribution in [0.15, 0.2) is 29.3 Å². The van der Waals surface area contributed by atoms with Gasteiger partial charge >= 0.3 is 0 Å². The van der Waals surface area contributed by atoms with Gasteiger partial charge in [0.25, 0.3) is 6.02 Å². The zero-order valence-corrected chi connectivity index (χ0v) is 9.23. The number of ether oxygens (including phenoxy) is 2. The Balaban J connectivity index is 2.15. The molecule has 1 saturated heterocycles. The van der Waals surface area contributed by atoms with Gasteiger partial charge < -0.3 is 15.2 Å². The average Bonchev–Trinajstić information content (AvgIpc) is 2.73. The number of fused-ring (bicyclic) bond motifs is 1. The molecule has 0 radical (unpaired) electrons. The van der Waals surface area contributed by atoms with E-state index in [2.05, 4.69) is 4.99 Å². The molecule has 4 nitrogen and oxygen atoms in total. The fraction of sp³-hybridized carbons (Fsp3) is 0.417. The highest BCUT2D eigenvalue weighted by molar-refractivity contribution is 5.73. The molecule has 0 aromatic heterocycles. The Morgan fingerprint density at radius 1 is 1.41 bits per heavy atom. The number of aliphatic imine (C=N–C) groups is 1. The van der Waals surface area contributed by atoms with E-state index < -0.39 is 5.54 Å². The summed E-state index contributed by atoms with van der Waals surface area (Å²) in [4.78, 5) is 4.31. The molecule has 0 saturated carbocycles. The molecular weight excluding hydrogens is 223 g/mol. The Morgan fingerprint density at radius 3 is 3.06 bits per heavy atom. The van der Waals surface area contributed by atoms with E-state index in [1.54, 1.807) is 18.2 Å². The molecule has 2 aliphatic rings. The molecule has 90 valence electrons. The third-order valence-electron chi connectivity index (χ3n) is 3.37. The van der Waals surface area contributed by atoms with Crippen molar-refractivity contribution in [1.82, 2.24) is 0 Å². The molecule has 2 aliphatic heterocycles. The van der Waals surface area contributed by atoms with E-state index in [0.29, 0.717) is 25.2 Å². The minimum Gasteiger partial charge on any atom is -0.463 e. The van der Waals surface area contributed by atoms with E-state index in [1.807, 2.05) is 0 Å². The Labute approximate surface area is 98.2 Å². The Morgan fingerprint density at radius 2 is 2.24 bits per heavy atom. The van der Waals surface area contributed by atoms with Crippen molar-refractivity contribution in [3.05, 3.63) is 35.6 Å². The third-order valence-corrected chi connectivity index (χ3v) is 3.37. The lowest BCUT2D eigenvalue weighted by atomic mass is 9.83. The first-order valence-electron chi connectivity index (χ1n) is 5.57. The van der Waals surface area contributed by atoms with Crippen LogP contribution in [0.3, 0.4) is 0 Å². The fourth-order valence-corrected chi connectivity index (χ4v) is 2.54. The summed E-state index contributed by atoms with van der Waals surface area (Å²) in [6.45, 7) is 0.864. The second-order valence-electron chi connectivity index (χ2n) is 4.27. The minimum atomic E-state index is -0.715. The van der Waals surface area contributed by atoms with Gasteiger partial charge in [0.05, 0.1) is 6.61 Å². The molecular formula is C12H13FN2O2. The molecule has 1 aromatic rings. The molecule has 1 fully saturated rings. The zero-order valence-electron chi connectivity index (χ0n) is 9.23. The Bertz CT molecular complexity index is 477. The van der Waals surface area contributed by atoms with Crippen LogP contribution < -0.4 is 5.73 Å². The minimum absolute atomic E-state index is 0.106. The first-order valence-corrected chi connectivity index (χ1v) is 5.57. The lowest BCUT2D eigenvalue weighted by Gasteiger charge is -2.34. The van der Waals surface area contributed by atoms with E-state index in [9.17, 15) is 4.39 Å². The largest absolute Gasteiger partial charge is 0.463 e. The van der Waals surface area contributed by atoms with Crippen molar-refractivity contribution in [3.63, 3.8) is 0 Å². The number of hydrogen-bond donors (Lipinski definition) is 1. The standard InChI is InChI=1S/C12H13FN2O2/c13-9-4-2-1-3-8(9)12-5-6-16-10(12)7-17-11(14)15-12/h1-4,10H,5-7H2,(H2,14,15)/t10-,12+/m0/s1. The Kier molecular flexibility index (Phi) is 2.29. The van der Waals surface area contributed by atoms with Crippen molar-refractivity contribution < 1.29 is 13.9 Å². The molecule has 3 rings (SSSR count). The lowest BCUT2D eigenvalue weighted by molar-refractivity contribution is 0.0208.